The van der Waals surface area contributed by atoms with Crippen LogP contribution in [-0.2, 0) is 16.0 Å². The van der Waals surface area contributed by atoms with E-state index in [0.717, 1.165) is 5.52 Å². The molecule has 0 aliphatic heterocycles. The number of carboxylic acids is 1. The highest BCUT2D eigenvalue weighted by Crippen LogP contribution is 2.23. The Morgan fingerprint density at radius 2 is 2.05 bits per heavy atom. The van der Waals surface area contributed by atoms with Gasteiger partial charge in [0.2, 0.25) is 0 Å². The van der Waals surface area contributed by atoms with Crippen molar-refractivity contribution in [3.63, 3.8) is 0 Å². The van der Waals surface area contributed by atoms with Crippen LogP contribution in [0.1, 0.15) is 35.8 Å². The minimum absolute atomic E-state index is 0.250. The molecule has 0 atom stereocenters. The number of rotatable bonds is 6. The molecular weight excluding hydrogens is 258 g/mol. The van der Waals surface area contributed by atoms with Crippen molar-refractivity contribution in [1.29, 1.82) is 0 Å². The number of carbonyl (C=O) groups excluding carboxylic acids is 1. The molecule has 0 bridgehead atoms. The zero-order valence-electron chi connectivity index (χ0n) is 11.3. The van der Waals surface area contributed by atoms with Crippen molar-refractivity contribution in [3.05, 3.63) is 35.5 Å². The highest BCUT2D eigenvalue weighted by Gasteiger charge is 2.17. The van der Waals surface area contributed by atoms with Crippen LogP contribution in [0.25, 0.3) is 10.9 Å². The van der Waals surface area contributed by atoms with Gasteiger partial charge in [-0.05, 0) is 25.8 Å². The van der Waals surface area contributed by atoms with Gasteiger partial charge in [0.15, 0.2) is 0 Å². The Bertz CT molecular complexity index is 630. The second kappa shape index (κ2) is 6.23. The summed E-state index contributed by atoms with van der Waals surface area (Å²) in [4.78, 5) is 25.8. The van der Waals surface area contributed by atoms with E-state index in [0.29, 0.717) is 42.5 Å². The number of hydrogen-bond acceptors (Lipinski definition) is 3. The molecule has 5 nitrogen and oxygen atoms in total. The molecule has 1 aromatic carbocycles. The van der Waals surface area contributed by atoms with Crippen LogP contribution in [0, 0.1) is 0 Å². The largest absolute Gasteiger partial charge is 0.478 e. The minimum Gasteiger partial charge on any atom is -0.478 e. The third-order valence-electron chi connectivity index (χ3n) is 3.11. The van der Waals surface area contributed by atoms with Gasteiger partial charge in [0.25, 0.3) is 0 Å². The normalized spacial score (nSPS) is 10.7. The Hall–Kier alpha value is -2.30. The van der Waals surface area contributed by atoms with Crippen molar-refractivity contribution in [1.82, 2.24) is 4.98 Å². The molecule has 20 heavy (non-hydrogen) atoms. The summed E-state index contributed by atoms with van der Waals surface area (Å²) in [7, 11) is 0. The summed E-state index contributed by atoms with van der Waals surface area (Å²) in [6, 6.07) is 7.29. The van der Waals surface area contributed by atoms with Crippen molar-refractivity contribution >= 4 is 22.8 Å². The number of aryl methyl sites for hydroxylation is 1. The molecule has 2 N–H and O–H groups in total. The fourth-order valence-electron chi connectivity index (χ4n) is 2.27. The molecule has 0 unspecified atom stereocenters. The zero-order valence-corrected chi connectivity index (χ0v) is 11.3. The van der Waals surface area contributed by atoms with Gasteiger partial charge in [-0.15, -0.1) is 0 Å². The number of hydrogen-bond donors (Lipinski definition) is 2. The maximum absolute atomic E-state index is 11.4. The molecule has 0 aliphatic rings. The van der Waals surface area contributed by atoms with Crippen LogP contribution in [0.5, 0.6) is 0 Å². The van der Waals surface area contributed by atoms with Crippen LogP contribution in [0.3, 0.4) is 0 Å². The predicted molar refractivity (Wildman–Crippen MR) is 74.8 cm³/mol. The Kier molecular flexibility index (Phi) is 4.40. The second-order valence-electron chi connectivity index (χ2n) is 4.49. The highest BCUT2D eigenvalue weighted by atomic mass is 16.5. The van der Waals surface area contributed by atoms with E-state index in [9.17, 15) is 14.7 Å². The van der Waals surface area contributed by atoms with E-state index in [1.54, 1.807) is 13.0 Å². The number of benzene rings is 1. The van der Waals surface area contributed by atoms with Gasteiger partial charge >= 0.3 is 11.9 Å². The summed E-state index contributed by atoms with van der Waals surface area (Å²) in [6.45, 7) is 2.13. The van der Waals surface area contributed by atoms with Gasteiger partial charge in [-0.1, -0.05) is 18.2 Å². The fourth-order valence-corrected chi connectivity index (χ4v) is 2.27. The summed E-state index contributed by atoms with van der Waals surface area (Å²) in [5.41, 5.74) is 1.75. The minimum atomic E-state index is -0.950. The average Bonchev–Trinajstić information content (AvgIpc) is 2.77. The van der Waals surface area contributed by atoms with Gasteiger partial charge < -0.3 is 14.8 Å². The van der Waals surface area contributed by atoms with Crippen molar-refractivity contribution in [2.45, 2.75) is 26.2 Å². The molecule has 0 spiro atoms. The van der Waals surface area contributed by atoms with E-state index in [4.69, 9.17) is 4.74 Å². The third-order valence-corrected chi connectivity index (χ3v) is 3.11. The molecule has 0 fully saturated rings. The molecule has 106 valence electrons. The average molecular weight is 275 g/mol. The standard InChI is InChI=1S/C15H17NO4/c1-2-20-13(17)9-5-8-12-14(15(18)19)10-6-3-4-7-11(10)16-12/h3-4,6-7,16H,2,5,8-9H2,1H3,(H,18,19). The van der Waals surface area contributed by atoms with E-state index >= 15 is 0 Å². The van der Waals surface area contributed by atoms with E-state index in [-0.39, 0.29) is 5.97 Å². The van der Waals surface area contributed by atoms with E-state index in [1.807, 2.05) is 18.2 Å². The maximum Gasteiger partial charge on any atom is 0.338 e. The lowest BCUT2D eigenvalue weighted by Crippen LogP contribution is -2.05. The van der Waals surface area contributed by atoms with E-state index in [2.05, 4.69) is 4.98 Å². The van der Waals surface area contributed by atoms with Crippen molar-refractivity contribution < 1.29 is 19.4 Å². The predicted octanol–water partition coefficient (Wildman–Crippen LogP) is 2.75. The lowest BCUT2D eigenvalue weighted by Gasteiger charge is -2.02. The van der Waals surface area contributed by atoms with Crippen LogP contribution < -0.4 is 0 Å². The molecule has 0 radical (unpaired) electrons. The number of ether oxygens (including phenoxy) is 1. The molecular formula is C15H17NO4. The number of fused-ring (bicyclic) bond motifs is 1. The number of nitrogens with one attached hydrogen (secondary N) is 1. The zero-order chi connectivity index (χ0) is 14.5. The summed E-state index contributed by atoms with van der Waals surface area (Å²) >= 11 is 0. The number of H-pyrrole nitrogens is 1. The quantitative estimate of drug-likeness (QED) is 0.794. The van der Waals surface area contributed by atoms with Crippen LogP contribution in [0.15, 0.2) is 24.3 Å². The Labute approximate surface area is 116 Å². The third kappa shape index (κ3) is 2.99. The van der Waals surface area contributed by atoms with Crippen molar-refractivity contribution in [3.8, 4) is 0 Å². The molecule has 0 amide bonds. The molecule has 5 heteroatoms. The van der Waals surface area contributed by atoms with Gasteiger partial charge in [0.1, 0.15) is 0 Å². The van der Waals surface area contributed by atoms with E-state index in [1.165, 1.54) is 0 Å². The van der Waals surface area contributed by atoms with Gasteiger partial charge in [0, 0.05) is 23.0 Å². The van der Waals surface area contributed by atoms with Gasteiger partial charge in [-0.3, -0.25) is 4.79 Å². The number of esters is 1. The van der Waals surface area contributed by atoms with Gasteiger partial charge in [0.05, 0.1) is 12.2 Å². The Morgan fingerprint density at radius 1 is 1.30 bits per heavy atom. The van der Waals surface area contributed by atoms with Crippen LogP contribution in [-0.4, -0.2) is 28.6 Å². The first-order valence-corrected chi connectivity index (χ1v) is 6.62. The molecule has 0 aliphatic carbocycles. The molecule has 1 aromatic heterocycles. The summed E-state index contributed by atoms with van der Waals surface area (Å²) in [5.74, 6) is -1.20. The second-order valence-corrected chi connectivity index (χ2v) is 4.49. The lowest BCUT2D eigenvalue weighted by molar-refractivity contribution is -0.143. The number of carbonyl (C=O) groups is 2. The fraction of sp³-hybridized carbons (Fsp3) is 0.333. The number of aromatic carboxylic acids is 1. The summed E-state index contributed by atoms with van der Waals surface area (Å²) in [6.07, 6.45) is 1.36. The molecule has 0 saturated heterocycles. The van der Waals surface area contributed by atoms with Gasteiger partial charge in [-0.2, -0.15) is 0 Å². The Balaban J connectivity index is 2.15. The van der Waals surface area contributed by atoms with Crippen LogP contribution >= 0.6 is 0 Å². The molecule has 1 heterocycles. The van der Waals surface area contributed by atoms with E-state index < -0.39 is 5.97 Å². The first kappa shape index (κ1) is 14.1. The first-order chi connectivity index (χ1) is 9.63. The van der Waals surface area contributed by atoms with Crippen LogP contribution in [0.4, 0.5) is 0 Å². The molecule has 2 rings (SSSR count). The smallest absolute Gasteiger partial charge is 0.338 e. The number of carboxylic acid groups (broad SMARTS) is 1. The monoisotopic (exact) mass is 275 g/mol. The van der Waals surface area contributed by atoms with Crippen molar-refractivity contribution in [2.75, 3.05) is 6.61 Å². The van der Waals surface area contributed by atoms with Gasteiger partial charge in [-0.25, -0.2) is 4.79 Å². The molecule has 0 saturated carbocycles. The first-order valence-electron chi connectivity index (χ1n) is 6.62. The summed E-state index contributed by atoms with van der Waals surface area (Å²) in [5, 5.41) is 10.0. The molecule has 2 aromatic rings. The highest BCUT2D eigenvalue weighted by molar-refractivity contribution is 6.04. The number of aromatic nitrogens is 1. The number of para-hydroxylation sites is 1. The number of aromatic amines is 1. The topological polar surface area (TPSA) is 79.4 Å². The summed E-state index contributed by atoms with van der Waals surface area (Å²) < 4.78 is 4.85. The lowest BCUT2D eigenvalue weighted by atomic mass is 10.1. The maximum atomic E-state index is 11.4. The van der Waals surface area contributed by atoms with Crippen molar-refractivity contribution in [2.24, 2.45) is 0 Å². The van der Waals surface area contributed by atoms with Crippen LogP contribution in [0.2, 0.25) is 0 Å². The Morgan fingerprint density at radius 3 is 2.75 bits per heavy atom. The SMILES string of the molecule is CCOC(=O)CCCc1[nH]c2ccccc2c1C(=O)O.